The maximum atomic E-state index is 6.44. The largest absolute Gasteiger partial charge is 0.397 e. The van der Waals surface area contributed by atoms with E-state index in [4.69, 9.17) is 5.73 Å². The molecule has 2 heteroatoms. The molecule has 0 bridgehead atoms. The van der Waals surface area contributed by atoms with E-state index in [1.807, 2.05) is 19.1 Å². The van der Waals surface area contributed by atoms with Crippen molar-refractivity contribution in [3.63, 3.8) is 0 Å². The molecule has 1 aromatic carbocycles. The van der Waals surface area contributed by atoms with Crippen LogP contribution in [0.15, 0.2) is 35.5 Å². The quantitative estimate of drug-likeness (QED) is 0.381. The van der Waals surface area contributed by atoms with E-state index in [0.717, 1.165) is 25.0 Å². The van der Waals surface area contributed by atoms with Crippen molar-refractivity contribution < 1.29 is 0 Å². The van der Waals surface area contributed by atoms with Crippen LogP contribution in [-0.4, -0.2) is 6.21 Å². The van der Waals surface area contributed by atoms with Crippen LogP contribution in [0, 0.1) is 6.92 Å². The number of aryl methyl sites for hydroxylation is 2. The highest BCUT2D eigenvalue weighted by atomic mass is 14.7. The number of unbranched alkanes of at least 4 members (excludes halogenated alkanes) is 2. The van der Waals surface area contributed by atoms with Crippen molar-refractivity contribution in [3.05, 3.63) is 52.7 Å². The average Bonchev–Trinajstić information content (AvgIpc) is 2.61. The van der Waals surface area contributed by atoms with Gasteiger partial charge in [-0.15, -0.1) is 0 Å². The maximum absolute atomic E-state index is 6.44. The van der Waals surface area contributed by atoms with Gasteiger partial charge in [-0.1, -0.05) is 45.8 Å². The van der Waals surface area contributed by atoms with Crippen molar-refractivity contribution in [1.29, 1.82) is 0 Å². The lowest BCUT2D eigenvalue weighted by molar-refractivity contribution is 0.635. The van der Waals surface area contributed by atoms with Gasteiger partial charge in [0.25, 0.3) is 0 Å². The molecular weight excluding hydrogens is 304 g/mol. The third-order valence-electron chi connectivity index (χ3n) is 4.80. The normalized spacial score (nSPS) is 12.8. The van der Waals surface area contributed by atoms with Crippen LogP contribution in [0.2, 0.25) is 0 Å². The van der Waals surface area contributed by atoms with Gasteiger partial charge in [-0.2, -0.15) is 0 Å². The van der Waals surface area contributed by atoms with Crippen molar-refractivity contribution in [2.24, 2.45) is 10.7 Å². The van der Waals surface area contributed by atoms with Crippen LogP contribution < -0.4 is 5.73 Å². The first-order valence-corrected chi connectivity index (χ1v) is 9.82. The summed E-state index contributed by atoms with van der Waals surface area (Å²) in [4.78, 5) is 4.33. The number of nitrogens with two attached hydrogens (primary N) is 1. The van der Waals surface area contributed by atoms with E-state index in [9.17, 15) is 0 Å². The molecule has 138 valence electrons. The standard InChI is InChI=1S/C23H36N2/c1-6-10-12-13-19-15-18(5)23(20(8-3)9-4)21(16-19)22(24)17-25-14-11-7-2/h7,11,14-17,20H,6,8-10,12-13,24H2,1-5H3/b11-7+,22-17-,25-14+. The van der Waals surface area contributed by atoms with E-state index in [-0.39, 0.29) is 0 Å². The van der Waals surface area contributed by atoms with Gasteiger partial charge < -0.3 is 5.73 Å². The number of benzene rings is 1. The average molecular weight is 341 g/mol. The minimum absolute atomic E-state index is 0.547. The number of allylic oxidation sites excluding steroid dienone is 2. The molecule has 2 nitrogen and oxygen atoms in total. The smallest absolute Gasteiger partial charge is 0.0576 e. The van der Waals surface area contributed by atoms with Gasteiger partial charge in [-0.05, 0) is 74.3 Å². The van der Waals surface area contributed by atoms with Gasteiger partial charge in [-0.25, -0.2) is 0 Å². The van der Waals surface area contributed by atoms with Crippen molar-refractivity contribution in [3.8, 4) is 0 Å². The number of hydrogen-bond acceptors (Lipinski definition) is 2. The summed E-state index contributed by atoms with van der Waals surface area (Å²) in [5.41, 5.74) is 12.5. The lowest BCUT2D eigenvalue weighted by atomic mass is 9.84. The van der Waals surface area contributed by atoms with E-state index in [2.05, 4.69) is 44.8 Å². The van der Waals surface area contributed by atoms with Crippen LogP contribution in [-0.2, 0) is 6.42 Å². The van der Waals surface area contributed by atoms with Gasteiger partial charge in [-0.3, -0.25) is 4.99 Å². The molecule has 2 N–H and O–H groups in total. The lowest BCUT2D eigenvalue weighted by Gasteiger charge is -2.22. The molecule has 0 aliphatic heterocycles. The Morgan fingerprint density at radius 3 is 2.48 bits per heavy atom. The molecular formula is C23H36N2. The number of hydrogen-bond donors (Lipinski definition) is 1. The molecule has 0 fully saturated rings. The molecule has 0 aliphatic carbocycles. The summed E-state index contributed by atoms with van der Waals surface area (Å²) in [6, 6.07) is 4.66. The van der Waals surface area contributed by atoms with Gasteiger partial charge in [0.2, 0.25) is 0 Å². The van der Waals surface area contributed by atoms with E-state index < -0.39 is 0 Å². The number of nitrogens with zero attached hydrogens (tertiary/aromatic N) is 1. The number of rotatable bonds is 10. The van der Waals surface area contributed by atoms with Crippen LogP contribution in [0.25, 0.3) is 5.70 Å². The Morgan fingerprint density at radius 1 is 1.16 bits per heavy atom. The molecule has 1 aromatic rings. The van der Waals surface area contributed by atoms with Gasteiger partial charge in [0.1, 0.15) is 0 Å². The molecule has 0 atom stereocenters. The van der Waals surface area contributed by atoms with Crippen molar-refractivity contribution >= 4 is 11.9 Å². The first-order chi connectivity index (χ1) is 12.1. The summed E-state index contributed by atoms with van der Waals surface area (Å²) in [6.07, 6.45) is 14.6. The van der Waals surface area contributed by atoms with Crippen molar-refractivity contribution in [2.45, 2.75) is 79.1 Å². The molecule has 0 aromatic heterocycles. The zero-order valence-electron chi connectivity index (χ0n) is 16.8. The highest BCUT2D eigenvalue weighted by Crippen LogP contribution is 2.33. The second-order valence-electron chi connectivity index (χ2n) is 6.75. The summed E-state index contributed by atoms with van der Waals surface area (Å²) in [7, 11) is 0. The Balaban J connectivity index is 3.30. The van der Waals surface area contributed by atoms with Crippen LogP contribution in [0.3, 0.4) is 0 Å². The van der Waals surface area contributed by atoms with Gasteiger partial charge in [0.15, 0.2) is 0 Å². The highest BCUT2D eigenvalue weighted by Gasteiger charge is 2.17. The summed E-state index contributed by atoms with van der Waals surface area (Å²) >= 11 is 0. The van der Waals surface area contributed by atoms with E-state index in [0.29, 0.717) is 5.92 Å². The minimum Gasteiger partial charge on any atom is -0.397 e. The van der Waals surface area contributed by atoms with E-state index >= 15 is 0 Å². The Labute approximate surface area is 154 Å². The summed E-state index contributed by atoms with van der Waals surface area (Å²) in [5.74, 6) is 0.547. The van der Waals surface area contributed by atoms with Gasteiger partial charge >= 0.3 is 0 Å². The zero-order valence-corrected chi connectivity index (χ0v) is 16.8. The monoisotopic (exact) mass is 340 g/mol. The molecule has 0 aliphatic rings. The predicted octanol–water partition coefficient (Wildman–Crippen LogP) is 6.54. The Kier molecular flexibility index (Phi) is 9.91. The molecule has 0 heterocycles. The summed E-state index contributed by atoms with van der Waals surface area (Å²) in [6.45, 7) is 11.0. The van der Waals surface area contributed by atoms with Crippen molar-refractivity contribution in [1.82, 2.24) is 0 Å². The van der Waals surface area contributed by atoms with Crippen LogP contribution >= 0.6 is 0 Å². The van der Waals surface area contributed by atoms with E-state index in [1.165, 1.54) is 41.5 Å². The fraction of sp³-hybridized carbons (Fsp3) is 0.522. The Hall–Kier alpha value is -1.83. The molecule has 0 spiro atoms. The molecule has 0 saturated heterocycles. The Morgan fingerprint density at radius 2 is 1.88 bits per heavy atom. The lowest BCUT2D eigenvalue weighted by Crippen LogP contribution is -2.09. The Bertz CT molecular complexity index is 605. The molecule has 0 radical (unpaired) electrons. The highest BCUT2D eigenvalue weighted by molar-refractivity contribution is 5.74. The molecule has 25 heavy (non-hydrogen) atoms. The molecule has 0 unspecified atom stereocenters. The first kappa shape index (κ1) is 21.2. The minimum atomic E-state index is 0.547. The fourth-order valence-electron chi connectivity index (χ4n) is 3.40. The summed E-state index contributed by atoms with van der Waals surface area (Å²) in [5, 5.41) is 0. The van der Waals surface area contributed by atoms with Gasteiger partial charge in [0, 0.05) is 11.8 Å². The second kappa shape index (κ2) is 11.7. The number of aliphatic imine (C=N–C) groups is 1. The molecule has 0 amide bonds. The molecule has 0 saturated carbocycles. The summed E-state index contributed by atoms with van der Waals surface area (Å²) < 4.78 is 0. The topological polar surface area (TPSA) is 38.4 Å². The van der Waals surface area contributed by atoms with Crippen molar-refractivity contribution in [2.75, 3.05) is 0 Å². The maximum Gasteiger partial charge on any atom is 0.0576 e. The zero-order chi connectivity index (χ0) is 18.7. The third kappa shape index (κ3) is 6.53. The fourth-order valence-corrected chi connectivity index (χ4v) is 3.40. The first-order valence-electron chi connectivity index (χ1n) is 9.82. The molecule has 1 rings (SSSR count). The van der Waals surface area contributed by atoms with Crippen LogP contribution in [0.5, 0.6) is 0 Å². The third-order valence-corrected chi connectivity index (χ3v) is 4.80. The SMILES string of the molecule is C/C=C/C=N/C=C(\N)c1cc(CCCCC)cc(C)c1C(CC)CC. The van der Waals surface area contributed by atoms with E-state index in [1.54, 1.807) is 12.4 Å². The van der Waals surface area contributed by atoms with Crippen LogP contribution in [0.4, 0.5) is 0 Å². The van der Waals surface area contributed by atoms with Crippen LogP contribution in [0.1, 0.15) is 88.0 Å². The second-order valence-corrected chi connectivity index (χ2v) is 6.75. The van der Waals surface area contributed by atoms with Gasteiger partial charge in [0.05, 0.1) is 11.9 Å². The predicted molar refractivity (Wildman–Crippen MR) is 113 cm³/mol.